The maximum Gasteiger partial charge on any atom is 0.0855 e. The van der Waals surface area contributed by atoms with Gasteiger partial charge in [0, 0.05) is 13.0 Å². The van der Waals surface area contributed by atoms with Crippen LogP contribution in [-0.4, -0.2) is 29.5 Å². The molecule has 1 rings (SSSR count). The molecule has 0 N–H and O–H groups in total. The molecular formula is C23H40O3. The molecule has 0 aliphatic rings. The zero-order valence-corrected chi connectivity index (χ0v) is 18.4. The maximum atomic E-state index is 6.51. The number of ether oxygens (including phenoxy) is 3. The Kier molecular flexibility index (Phi) is 8.32. The van der Waals surface area contributed by atoms with Crippen molar-refractivity contribution in [3.05, 3.63) is 35.9 Å². The molecule has 0 bridgehead atoms. The summed E-state index contributed by atoms with van der Waals surface area (Å²) in [7, 11) is 0. The van der Waals surface area contributed by atoms with Crippen LogP contribution in [-0.2, 0) is 14.2 Å². The molecule has 0 heterocycles. The normalized spacial score (nSPS) is 14.7. The third-order valence-corrected chi connectivity index (χ3v) is 4.08. The number of hydrogen-bond acceptors (Lipinski definition) is 3. The smallest absolute Gasteiger partial charge is 0.0855 e. The molecule has 0 aliphatic heterocycles. The molecule has 3 heteroatoms. The summed E-state index contributed by atoms with van der Waals surface area (Å²) in [5.74, 6) is 0. The zero-order valence-electron chi connectivity index (χ0n) is 18.4. The van der Waals surface area contributed by atoms with E-state index < -0.39 is 0 Å². The molecule has 1 atom stereocenters. The molecule has 0 fully saturated rings. The van der Waals surface area contributed by atoms with Crippen molar-refractivity contribution in [3.63, 3.8) is 0 Å². The summed E-state index contributed by atoms with van der Waals surface area (Å²) in [6, 6.07) is 10.4. The molecule has 0 amide bonds. The van der Waals surface area contributed by atoms with Crippen LogP contribution in [0.3, 0.4) is 0 Å². The molecule has 0 spiro atoms. The van der Waals surface area contributed by atoms with Gasteiger partial charge < -0.3 is 14.2 Å². The van der Waals surface area contributed by atoms with Crippen molar-refractivity contribution < 1.29 is 14.2 Å². The van der Waals surface area contributed by atoms with Gasteiger partial charge in [0.05, 0.1) is 29.0 Å². The molecule has 0 saturated heterocycles. The van der Waals surface area contributed by atoms with Gasteiger partial charge in [-0.2, -0.15) is 0 Å². The molecular weight excluding hydrogens is 324 g/mol. The van der Waals surface area contributed by atoms with Crippen LogP contribution in [0.25, 0.3) is 0 Å². The van der Waals surface area contributed by atoms with Crippen molar-refractivity contribution in [1.29, 1.82) is 0 Å². The second-order valence-corrected chi connectivity index (χ2v) is 9.62. The predicted octanol–water partition coefficient (Wildman–Crippen LogP) is 6.32. The quantitative estimate of drug-likeness (QED) is 0.486. The monoisotopic (exact) mass is 364 g/mol. The van der Waals surface area contributed by atoms with Crippen LogP contribution in [0.1, 0.15) is 86.8 Å². The van der Waals surface area contributed by atoms with Gasteiger partial charge in [-0.3, -0.25) is 0 Å². The second kappa shape index (κ2) is 9.34. The van der Waals surface area contributed by atoms with Gasteiger partial charge in [-0.25, -0.2) is 0 Å². The first-order valence-electron chi connectivity index (χ1n) is 9.84. The summed E-state index contributed by atoms with van der Waals surface area (Å²) in [5.41, 5.74) is 0.524. The fourth-order valence-electron chi connectivity index (χ4n) is 3.13. The van der Waals surface area contributed by atoms with Crippen LogP contribution in [0.4, 0.5) is 0 Å². The highest BCUT2D eigenvalue weighted by atomic mass is 16.5. The lowest BCUT2D eigenvalue weighted by molar-refractivity contribution is -0.158. The minimum Gasteiger partial charge on any atom is -0.376 e. The van der Waals surface area contributed by atoms with E-state index in [0.29, 0.717) is 6.61 Å². The Balaban J connectivity index is 2.73. The Hall–Kier alpha value is -0.900. The van der Waals surface area contributed by atoms with E-state index in [1.54, 1.807) is 0 Å². The Morgan fingerprint density at radius 2 is 1.42 bits per heavy atom. The highest BCUT2D eigenvalue weighted by molar-refractivity contribution is 5.18. The topological polar surface area (TPSA) is 27.7 Å². The molecule has 1 unspecified atom stereocenters. The SMILES string of the molecule is CC(C)OC(CC(C)(C)OC(C)(C)CCOC(C)(C)C)c1ccccc1. The Morgan fingerprint density at radius 1 is 0.846 bits per heavy atom. The Labute approximate surface area is 161 Å². The van der Waals surface area contributed by atoms with Gasteiger partial charge in [0.25, 0.3) is 0 Å². The lowest BCUT2D eigenvalue weighted by Crippen LogP contribution is -2.40. The van der Waals surface area contributed by atoms with E-state index in [1.807, 2.05) is 6.07 Å². The summed E-state index contributed by atoms with van der Waals surface area (Å²) in [6.45, 7) is 19.7. The molecule has 1 aromatic carbocycles. The van der Waals surface area contributed by atoms with Crippen LogP contribution < -0.4 is 0 Å². The predicted molar refractivity (Wildman–Crippen MR) is 110 cm³/mol. The third-order valence-electron chi connectivity index (χ3n) is 4.08. The zero-order chi connectivity index (χ0) is 20.0. The third kappa shape index (κ3) is 9.70. The Morgan fingerprint density at radius 3 is 1.92 bits per heavy atom. The van der Waals surface area contributed by atoms with Crippen molar-refractivity contribution in [1.82, 2.24) is 0 Å². The lowest BCUT2D eigenvalue weighted by Gasteiger charge is -2.39. The highest BCUT2D eigenvalue weighted by Crippen LogP contribution is 2.34. The van der Waals surface area contributed by atoms with E-state index in [-0.39, 0.29) is 29.0 Å². The molecule has 0 aliphatic carbocycles. The van der Waals surface area contributed by atoms with Crippen LogP contribution in [0.15, 0.2) is 30.3 Å². The minimum atomic E-state index is -0.305. The van der Waals surface area contributed by atoms with E-state index in [1.165, 1.54) is 5.56 Å². The van der Waals surface area contributed by atoms with Crippen LogP contribution >= 0.6 is 0 Å². The minimum absolute atomic E-state index is 0.0211. The summed E-state index contributed by atoms with van der Waals surface area (Å²) in [6.07, 6.45) is 1.85. The number of rotatable bonds is 10. The summed E-state index contributed by atoms with van der Waals surface area (Å²) in [5, 5.41) is 0. The first kappa shape index (κ1) is 23.1. The molecule has 150 valence electrons. The van der Waals surface area contributed by atoms with Gasteiger partial charge in [-0.1, -0.05) is 30.3 Å². The van der Waals surface area contributed by atoms with Gasteiger partial charge in [0.15, 0.2) is 0 Å². The highest BCUT2D eigenvalue weighted by Gasteiger charge is 2.33. The van der Waals surface area contributed by atoms with E-state index in [2.05, 4.69) is 86.6 Å². The Bertz CT molecular complexity index is 512. The van der Waals surface area contributed by atoms with Crippen molar-refractivity contribution in [2.45, 2.75) is 104 Å². The average molecular weight is 365 g/mol. The van der Waals surface area contributed by atoms with Gasteiger partial charge in [-0.05, 0) is 74.3 Å². The average Bonchev–Trinajstić information content (AvgIpc) is 2.43. The second-order valence-electron chi connectivity index (χ2n) is 9.62. The van der Waals surface area contributed by atoms with Crippen LogP contribution in [0, 0.1) is 0 Å². The van der Waals surface area contributed by atoms with E-state index in [4.69, 9.17) is 14.2 Å². The first-order valence-corrected chi connectivity index (χ1v) is 9.84. The molecule has 26 heavy (non-hydrogen) atoms. The van der Waals surface area contributed by atoms with Crippen LogP contribution in [0.5, 0.6) is 0 Å². The van der Waals surface area contributed by atoms with E-state index >= 15 is 0 Å². The largest absolute Gasteiger partial charge is 0.376 e. The van der Waals surface area contributed by atoms with Crippen molar-refractivity contribution >= 4 is 0 Å². The van der Waals surface area contributed by atoms with Crippen molar-refractivity contribution in [2.24, 2.45) is 0 Å². The van der Waals surface area contributed by atoms with Gasteiger partial charge in [-0.15, -0.1) is 0 Å². The van der Waals surface area contributed by atoms with Crippen LogP contribution in [0.2, 0.25) is 0 Å². The van der Waals surface area contributed by atoms with Gasteiger partial charge in [0.1, 0.15) is 0 Å². The molecule has 0 saturated carbocycles. The standard InChI is InChI=1S/C23H40O3/c1-18(2)25-20(19-13-11-10-12-14-19)17-23(8,9)26-22(6,7)15-16-24-21(3,4)5/h10-14,18,20H,15-17H2,1-9H3. The van der Waals surface area contributed by atoms with Gasteiger partial charge in [0.2, 0.25) is 0 Å². The molecule has 3 nitrogen and oxygen atoms in total. The van der Waals surface area contributed by atoms with Gasteiger partial charge >= 0.3 is 0 Å². The molecule has 1 aromatic rings. The number of benzene rings is 1. The van der Waals surface area contributed by atoms with Crippen molar-refractivity contribution in [3.8, 4) is 0 Å². The maximum absolute atomic E-state index is 6.51. The van der Waals surface area contributed by atoms with Crippen molar-refractivity contribution in [2.75, 3.05) is 6.61 Å². The summed E-state index contributed by atoms with van der Waals surface area (Å²) in [4.78, 5) is 0. The lowest BCUT2D eigenvalue weighted by atomic mass is 9.93. The fourth-order valence-corrected chi connectivity index (χ4v) is 3.13. The number of hydrogen-bond donors (Lipinski definition) is 0. The fraction of sp³-hybridized carbons (Fsp3) is 0.739. The molecule has 0 radical (unpaired) electrons. The summed E-state index contributed by atoms with van der Waals surface area (Å²) < 4.78 is 18.6. The van der Waals surface area contributed by atoms with E-state index in [0.717, 1.165) is 12.8 Å². The first-order chi connectivity index (χ1) is 11.8. The van der Waals surface area contributed by atoms with E-state index in [9.17, 15) is 0 Å². The summed E-state index contributed by atoms with van der Waals surface area (Å²) >= 11 is 0. The molecule has 0 aromatic heterocycles.